The fourth-order valence-electron chi connectivity index (χ4n) is 5.86. The van der Waals surface area contributed by atoms with Gasteiger partial charge in [-0.15, -0.1) is 0 Å². The zero-order chi connectivity index (χ0) is 24.7. The van der Waals surface area contributed by atoms with E-state index in [0.29, 0.717) is 12.3 Å². The number of amides is 1. The number of benzene rings is 2. The summed E-state index contributed by atoms with van der Waals surface area (Å²) in [5, 5.41) is 2.66. The Bertz CT molecular complexity index is 874. The van der Waals surface area contributed by atoms with Crippen LogP contribution in [0.15, 0.2) is 60.7 Å². The molecule has 2 aromatic carbocycles. The third-order valence-corrected chi connectivity index (χ3v) is 12.9. The van der Waals surface area contributed by atoms with E-state index in [1.165, 1.54) is 16.8 Å². The van der Waals surface area contributed by atoms with Gasteiger partial charge >= 0.3 is 0 Å². The molecule has 2 atom stereocenters. The van der Waals surface area contributed by atoms with Gasteiger partial charge in [0.1, 0.15) is 0 Å². The maximum atomic E-state index is 12.6. The number of ether oxygens (including phenoxy) is 1. The van der Waals surface area contributed by atoms with Crippen LogP contribution in [0.25, 0.3) is 0 Å². The van der Waals surface area contributed by atoms with Gasteiger partial charge in [-0.05, 0) is 59.9 Å². The van der Waals surface area contributed by atoms with Crippen LogP contribution in [0.3, 0.4) is 0 Å². The lowest BCUT2D eigenvalue weighted by atomic mass is 9.94. The van der Waals surface area contributed by atoms with E-state index in [1.54, 1.807) is 0 Å². The van der Waals surface area contributed by atoms with Crippen molar-refractivity contribution >= 4 is 24.6 Å². The van der Waals surface area contributed by atoms with Gasteiger partial charge in [-0.3, -0.25) is 4.79 Å². The summed E-state index contributed by atoms with van der Waals surface area (Å²) in [6, 6.07) is 21.7. The molecule has 0 radical (unpaired) electrons. The second kappa shape index (κ2) is 11.9. The first kappa shape index (κ1) is 26.1. The largest absolute Gasteiger partial charge is 0.407 e. The molecule has 0 N–H and O–H groups in total. The van der Waals surface area contributed by atoms with Crippen LogP contribution in [0, 0.1) is 5.92 Å². The van der Waals surface area contributed by atoms with Crippen molar-refractivity contribution in [2.24, 2.45) is 5.92 Å². The van der Waals surface area contributed by atoms with Gasteiger partial charge in [-0.25, -0.2) is 0 Å². The topological polar surface area (TPSA) is 38.8 Å². The summed E-state index contributed by atoms with van der Waals surface area (Å²) in [4.78, 5) is 14.7. The molecule has 4 rings (SSSR count). The minimum atomic E-state index is -2.48. The molecule has 2 saturated heterocycles. The molecule has 2 aliphatic heterocycles. The number of nitrogens with zero attached hydrogens (tertiary/aromatic N) is 1. The Morgan fingerprint density at radius 1 is 0.943 bits per heavy atom. The molecule has 2 fully saturated rings. The molecule has 2 aromatic rings. The molecule has 0 aliphatic carbocycles. The highest BCUT2D eigenvalue weighted by atomic mass is 28.4. The van der Waals surface area contributed by atoms with E-state index in [0.717, 1.165) is 58.4 Å². The highest BCUT2D eigenvalue weighted by molar-refractivity contribution is 6.99. The number of rotatable bonds is 8. The van der Waals surface area contributed by atoms with E-state index in [1.807, 2.05) is 4.90 Å². The first-order valence-corrected chi connectivity index (χ1v) is 15.5. The van der Waals surface area contributed by atoms with E-state index in [4.69, 9.17) is 9.16 Å². The molecule has 2 aliphatic rings. The summed E-state index contributed by atoms with van der Waals surface area (Å²) >= 11 is 0. The van der Waals surface area contributed by atoms with Crippen molar-refractivity contribution in [3.63, 3.8) is 0 Å². The van der Waals surface area contributed by atoms with E-state index in [-0.39, 0.29) is 17.0 Å². The quantitative estimate of drug-likeness (QED) is 0.477. The third-order valence-electron chi connectivity index (χ3n) is 7.84. The molecule has 2 heterocycles. The first-order valence-electron chi connectivity index (χ1n) is 13.5. The van der Waals surface area contributed by atoms with E-state index < -0.39 is 8.32 Å². The van der Waals surface area contributed by atoms with Crippen LogP contribution >= 0.6 is 0 Å². The van der Waals surface area contributed by atoms with Gasteiger partial charge in [-0.1, -0.05) is 81.4 Å². The van der Waals surface area contributed by atoms with Gasteiger partial charge in [-0.2, -0.15) is 0 Å². The smallest absolute Gasteiger partial charge is 0.261 e. The molecule has 0 aromatic heterocycles. The monoisotopic (exact) mass is 493 g/mol. The van der Waals surface area contributed by atoms with Crippen LogP contribution in [-0.4, -0.2) is 51.5 Å². The van der Waals surface area contributed by atoms with Crippen molar-refractivity contribution in [1.82, 2.24) is 4.90 Å². The first-order chi connectivity index (χ1) is 16.9. The van der Waals surface area contributed by atoms with Gasteiger partial charge in [0.05, 0.1) is 12.5 Å². The summed E-state index contributed by atoms with van der Waals surface area (Å²) in [5.41, 5.74) is 0. The summed E-state index contributed by atoms with van der Waals surface area (Å²) in [6.45, 7) is 10.3. The number of likely N-dealkylation sites (tertiary alicyclic amines) is 1. The number of carbonyl (C=O) groups excluding carboxylic acids is 1. The van der Waals surface area contributed by atoms with Crippen molar-refractivity contribution in [1.29, 1.82) is 0 Å². The average molecular weight is 494 g/mol. The molecule has 0 bridgehead atoms. The van der Waals surface area contributed by atoms with Crippen molar-refractivity contribution in [2.45, 2.75) is 76.9 Å². The molecule has 1 amide bonds. The second-order valence-electron chi connectivity index (χ2n) is 11.3. The maximum Gasteiger partial charge on any atom is 0.261 e. The van der Waals surface area contributed by atoms with Gasteiger partial charge in [0.2, 0.25) is 5.91 Å². The molecule has 190 valence electrons. The lowest BCUT2D eigenvalue weighted by Crippen LogP contribution is -2.66. The normalized spacial score (nSPS) is 21.6. The Morgan fingerprint density at radius 2 is 1.54 bits per heavy atom. The molecule has 0 unspecified atom stereocenters. The van der Waals surface area contributed by atoms with E-state index >= 15 is 0 Å². The summed E-state index contributed by atoms with van der Waals surface area (Å²) in [6.07, 6.45) is 7.25. The van der Waals surface area contributed by atoms with E-state index in [9.17, 15) is 4.79 Å². The Morgan fingerprint density at radius 3 is 2.06 bits per heavy atom. The lowest BCUT2D eigenvalue weighted by molar-refractivity contribution is -0.136. The van der Waals surface area contributed by atoms with Crippen LogP contribution in [0.1, 0.15) is 65.7 Å². The van der Waals surface area contributed by atoms with Crippen LogP contribution in [0.5, 0.6) is 0 Å². The fourth-order valence-corrected chi connectivity index (χ4v) is 10.4. The minimum absolute atomic E-state index is 0.00131. The summed E-state index contributed by atoms with van der Waals surface area (Å²) < 4.78 is 13.2. The molecular weight excluding hydrogens is 450 g/mol. The average Bonchev–Trinajstić information content (AvgIpc) is 2.88. The van der Waals surface area contributed by atoms with Crippen LogP contribution in [-0.2, 0) is 14.0 Å². The zero-order valence-corrected chi connectivity index (χ0v) is 22.9. The summed E-state index contributed by atoms with van der Waals surface area (Å²) in [7, 11) is -2.48. The van der Waals surface area contributed by atoms with Crippen LogP contribution < -0.4 is 10.4 Å². The van der Waals surface area contributed by atoms with E-state index in [2.05, 4.69) is 81.4 Å². The number of carbonyl (C=O) groups is 1. The predicted octanol–water partition coefficient (Wildman–Crippen LogP) is 5.15. The van der Waals surface area contributed by atoms with Gasteiger partial charge in [0.15, 0.2) is 0 Å². The Kier molecular flexibility index (Phi) is 8.85. The minimum Gasteiger partial charge on any atom is -0.407 e. The zero-order valence-electron chi connectivity index (χ0n) is 21.9. The van der Waals surface area contributed by atoms with Gasteiger partial charge in [0, 0.05) is 26.3 Å². The van der Waals surface area contributed by atoms with Crippen LogP contribution in [0.4, 0.5) is 0 Å². The molecule has 35 heavy (non-hydrogen) atoms. The second-order valence-corrected chi connectivity index (χ2v) is 15.7. The van der Waals surface area contributed by atoms with Crippen molar-refractivity contribution in [2.75, 3.05) is 26.3 Å². The Labute approximate surface area is 213 Å². The van der Waals surface area contributed by atoms with Crippen molar-refractivity contribution < 1.29 is 14.0 Å². The van der Waals surface area contributed by atoms with Crippen molar-refractivity contribution in [3.05, 3.63) is 60.7 Å². The highest BCUT2D eigenvalue weighted by Crippen LogP contribution is 2.37. The number of piperidine rings is 1. The van der Waals surface area contributed by atoms with Crippen LogP contribution in [0.2, 0.25) is 5.04 Å². The predicted molar refractivity (Wildman–Crippen MR) is 146 cm³/mol. The van der Waals surface area contributed by atoms with Crippen molar-refractivity contribution in [3.8, 4) is 0 Å². The maximum absolute atomic E-state index is 12.6. The Balaban J connectivity index is 1.36. The molecule has 4 nitrogen and oxygen atoms in total. The number of hydrogen-bond donors (Lipinski definition) is 0. The van der Waals surface area contributed by atoms with Gasteiger partial charge < -0.3 is 14.1 Å². The Hall–Kier alpha value is -1.95. The third kappa shape index (κ3) is 6.25. The highest BCUT2D eigenvalue weighted by Gasteiger charge is 2.50. The molecule has 5 heteroatoms. The lowest BCUT2D eigenvalue weighted by Gasteiger charge is -2.43. The SMILES string of the molecule is CC(C)(C)[Si](OCC[C@H]1CC[C@@H](CC(=O)N2CCCCC2)OC1)(c1ccccc1)c1ccccc1. The summed E-state index contributed by atoms with van der Waals surface area (Å²) in [5.74, 6) is 0.776. The number of hydrogen-bond acceptors (Lipinski definition) is 3. The molecule has 0 spiro atoms. The molecule has 0 saturated carbocycles. The molecular formula is C30H43NO3Si. The standard InChI is InChI=1S/C30H43NO3Si/c1-30(2,3)35(27-13-7-4-8-14-27,28-15-9-5-10-16-28)34-22-19-25-17-18-26(33-24-25)23-29(32)31-20-11-6-12-21-31/h4-5,7-10,13-16,25-26H,6,11-12,17-24H2,1-3H3/t25-,26+/m1/s1. The van der Waals surface area contributed by atoms with Gasteiger partial charge in [0.25, 0.3) is 8.32 Å². The fraction of sp³-hybridized carbons (Fsp3) is 0.567.